The van der Waals surface area contributed by atoms with Crippen LogP contribution >= 0.6 is 35.3 Å². The molecule has 7 heteroatoms. The Morgan fingerprint density at radius 2 is 1.92 bits per heavy atom. The number of hydrogen-bond acceptors (Lipinski definition) is 3. The van der Waals surface area contributed by atoms with Gasteiger partial charge in [0.25, 0.3) is 0 Å². The van der Waals surface area contributed by atoms with E-state index >= 15 is 0 Å². The smallest absolute Gasteiger partial charge is 0.221 e. The van der Waals surface area contributed by atoms with Crippen LogP contribution in [-0.4, -0.2) is 31.0 Å². The average Bonchev–Trinajstić information content (AvgIpc) is 3.00. The van der Waals surface area contributed by atoms with Crippen molar-refractivity contribution in [1.82, 2.24) is 16.0 Å². The molecule has 24 heavy (non-hydrogen) atoms. The number of aryl methyl sites for hydroxylation is 1. The summed E-state index contributed by atoms with van der Waals surface area (Å²) < 4.78 is 0. The first kappa shape index (κ1) is 23.2. The maximum atomic E-state index is 11.8. The lowest BCUT2D eigenvalue weighted by Gasteiger charge is -2.13. The lowest BCUT2D eigenvalue weighted by molar-refractivity contribution is -0.121. The molecule has 0 fully saturated rings. The van der Waals surface area contributed by atoms with Gasteiger partial charge in [-0.1, -0.05) is 13.8 Å². The molecule has 0 aromatic carbocycles. The van der Waals surface area contributed by atoms with E-state index in [0.29, 0.717) is 19.5 Å². The number of halogens is 1. The van der Waals surface area contributed by atoms with E-state index in [9.17, 15) is 4.79 Å². The summed E-state index contributed by atoms with van der Waals surface area (Å²) in [7, 11) is 0. The predicted molar refractivity (Wildman–Crippen MR) is 114 cm³/mol. The van der Waals surface area contributed by atoms with Gasteiger partial charge in [-0.15, -0.1) is 35.3 Å². The zero-order valence-electron chi connectivity index (χ0n) is 15.1. The number of thiophene rings is 1. The maximum Gasteiger partial charge on any atom is 0.221 e. The molecule has 0 saturated heterocycles. The van der Waals surface area contributed by atoms with E-state index in [1.54, 1.807) is 11.3 Å². The topological polar surface area (TPSA) is 65.5 Å². The molecule has 3 N–H and O–H groups in total. The highest BCUT2D eigenvalue weighted by molar-refractivity contribution is 14.0. The fourth-order valence-electron chi connectivity index (χ4n) is 1.94. The van der Waals surface area contributed by atoms with Crippen molar-refractivity contribution in [3.8, 4) is 0 Å². The first-order chi connectivity index (χ1) is 11.1. The van der Waals surface area contributed by atoms with Crippen LogP contribution in [0.25, 0.3) is 0 Å². The number of carbonyl (C=O) groups excluding carboxylic acids is 1. The van der Waals surface area contributed by atoms with Gasteiger partial charge in [-0.05, 0) is 38.8 Å². The first-order valence-electron chi connectivity index (χ1n) is 8.48. The molecule has 0 saturated carbocycles. The Hall–Kier alpha value is -0.830. The van der Waals surface area contributed by atoms with Crippen LogP contribution in [0.3, 0.4) is 0 Å². The first-order valence-corrected chi connectivity index (χ1v) is 9.29. The standard InChI is InChI=1S/C17H30N4OS.HI/c1-5-13(4)21-16(22)10-11-19-17(18-7-3)20-12-15-9-8-14(6-2)23-15;/h8-9,13H,5-7,10-12H2,1-4H3,(H,21,22)(H2,18,19,20);1H. The minimum atomic E-state index is 0. The van der Waals surface area contributed by atoms with E-state index in [1.165, 1.54) is 9.75 Å². The Kier molecular flexibility index (Phi) is 13.0. The van der Waals surface area contributed by atoms with Crippen molar-refractivity contribution >= 4 is 47.2 Å². The van der Waals surface area contributed by atoms with Gasteiger partial charge in [0.15, 0.2) is 5.96 Å². The van der Waals surface area contributed by atoms with Crippen molar-refractivity contribution in [3.05, 3.63) is 21.9 Å². The summed E-state index contributed by atoms with van der Waals surface area (Å²) in [5, 5.41) is 9.39. The van der Waals surface area contributed by atoms with Crippen molar-refractivity contribution in [2.75, 3.05) is 13.1 Å². The molecule has 1 aromatic rings. The highest BCUT2D eigenvalue weighted by atomic mass is 127. The van der Waals surface area contributed by atoms with Crippen LogP contribution in [0.5, 0.6) is 0 Å². The van der Waals surface area contributed by atoms with Crippen LogP contribution in [-0.2, 0) is 17.8 Å². The third kappa shape index (κ3) is 9.46. The summed E-state index contributed by atoms with van der Waals surface area (Å²) in [5.41, 5.74) is 0. The second-order valence-electron chi connectivity index (χ2n) is 5.47. The number of rotatable bonds is 9. The van der Waals surface area contributed by atoms with E-state index in [0.717, 1.165) is 25.3 Å². The zero-order valence-corrected chi connectivity index (χ0v) is 18.3. The van der Waals surface area contributed by atoms with Gasteiger partial charge in [0.05, 0.1) is 6.54 Å². The molecule has 0 radical (unpaired) electrons. The van der Waals surface area contributed by atoms with Gasteiger partial charge in [-0.2, -0.15) is 0 Å². The van der Waals surface area contributed by atoms with Crippen LogP contribution in [0, 0.1) is 0 Å². The number of carbonyl (C=O) groups is 1. The Labute approximate surface area is 167 Å². The molecule has 0 aliphatic heterocycles. The van der Waals surface area contributed by atoms with Crippen molar-refractivity contribution in [2.45, 2.75) is 59.5 Å². The minimum Gasteiger partial charge on any atom is -0.357 e. The van der Waals surface area contributed by atoms with Crippen molar-refractivity contribution in [2.24, 2.45) is 4.99 Å². The highest BCUT2D eigenvalue weighted by Gasteiger charge is 2.06. The molecule has 1 unspecified atom stereocenters. The third-order valence-electron chi connectivity index (χ3n) is 3.47. The van der Waals surface area contributed by atoms with E-state index in [2.05, 4.69) is 46.9 Å². The van der Waals surface area contributed by atoms with E-state index < -0.39 is 0 Å². The van der Waals surface area contributed by atoms with Gasteiger partial charge in [-0.3, -0.25) is 4.79 Å². The Balaban J connectivity index is 0.00000529. The molecule has 1 rings (SSSR count). The number of nitrogens with zero attached hydrogens (tertiary/aromatic N) is 1. The molecule has 1 amide bonds. The second-order valence-corrected chi connectivity index (χ2v) is 6.72. The number of hydrogen-bond donors (Lipinski definition) is 3. The molecule has 0 aliphatic carbocycles. The molecule has 0 aliphatic rings. The fraction of sp³-hybridized carbons (Fsp3) is 0.647. The lowest BCUT2D eigenvalue weighted by atomic mass is 10.2. The quantitative estimate of drug-likeness (QED) is 0.297. The number of amides is 1. The van der Waals surface area contributed by atoms with Crippen molar-refractivity contribution in [3.63, 3.8) is 0 Å². The molecule has 1 atom stereocenters. The summed E-state index contributed by atoms with van der Waals surface area (Å²) >= 11 is 1.80. The van der Waals surface area contributed by atoms with Gasteiger partial charge >= 0.3 is 0 Å². The number of nitrogens with one attached hydrogen (secondary N) is 3. The fourth-order valence-corrected chi connectivity index (χ4v) is 2.82. The number of guanidine groups is 1. The second kappa shape index (κ2) is 13.5. The van der Waals surface area contributed by atoms with Gasteiger partial charge < -0.3 is 16.0 Å². The summed E-state index contributed by atoms with van der Waals surface area (Å²) in [6.07, 6.45) is 2.47. The van der Waals surface area contributed by atoms with Gasteiger partial charge in [0, 0.05) is 35.3 Å². The summed E-state index contributed by atoms with van der Waals surface area (Å²) in [5.74, 6) is 0.837. The minimum absolute atomic E-state index is 0. The monoisotopic (exact) mass is 466 g/mol. The Morgan fingerprint density at radius 3 is 2.50 bits per heavy atom. The maximum absolute atomic E-state index is 11.8. The van der Waals surface area contributed by atoms with Gasteiger partial charge in [-0.25, -0.2) is 4.99 Å². The summed E-state index contributed by atoms with van der Waals surface area (Å²) in [6, 6.07) is 4.53. The molecule has 138 valence electrons. The molecule has 1 aromatic heterocycles. The van der Waals surface area contributed by atoms with Crippen LogP contribution in [0.1, 0.15) is 50.3 Å². The zero-order chi connectivity index (χ0) is 17.1. The van der Waals surface area contributed by atoms with Crippen LogP contribution in [0.4, 0.5) is 0 Å². The van der Waals surface area contributed by atoms with Crippen LogP contribution < -0.4 is 16.0 Å². The van der Waals surface area contributed by atoms with Crippen molar-refractivity contribution < 1.29 is 4.79 Å². The SMILES string of the molecule is CCNC(=NCc1ccc(CC)s1)NCCC(=O)NC(C)CC.I. The predicted octanol–water partition coefficient (Wildman–Crippen LogP) is 3.29. The highest BCUT2D eigenvalue weighted by Crippen LogP contribution is 2.17. The molecule has 0 bridgehead atoms. The average molecular weight is 466 g/mol. The Bertz CT molecular complexity index is 505. The molecular formula is C17H31IN4OS. The van der Waals surface area contributed by atoms with Gasteiger partial charge in [0.2, 0.25) is 5.91 Å². The summed E-state index contributed by atoms with van der Waals surface area (Å²) in [4.78, 5) is 19.0. The molecule has 0 spiro atoms. The largest absolute Gasteiger partial charge is 0.357 e. The van der Waals surface area contributed by atoms with Gasteiger partial charge in [0.1, 0.15) is 0 Å². The summed E-state index contributed by atoms with van der Waals surface area (Å²) in [6.45, 7) is 10.3. The van der Waals surface area contributed by atoms with Crippen LogP contribution in [0.2, 0.25) is 0 Å². The Morgan fingerprint density at radius 1 is 1.21 bits per heavy atom. The molecule has 1 heterocycles. The third-order valence-corrected chi connectivity index (χ3v) is 4.68. The van der Waals surface area contributed by atoms with Crippen LogP contribution in [0.15, 0.2) is 17.1 Å². The van der Waals surface area contributed by atoms with E-state index in [4.69, 9.17) is 0 Å². The molecule has 5 nitrogen and oxygen atoms in total. The van der Waals surface area contributed by atoms with E-state index in [-0.39, 0.29) is 35.9 Å². The molecular weight excluding hydrogens is 435 g/mol. The van der Waals surface area contributed by atoms with Crippen molar-refractivity contribution in [1.29, 1.82) is 0 Å². The van der Waals surface area contributed by atoms with E-state index in [1.807, 2.05) is 13.8 Å². The number of aliphatic imine (C=N–C) groups is 1. The lowest BCUT2D eigenvalue weighted by Crippen LogP contribution is -2.40. The normalized spacial score (nSPS) is 12.2.